The van der Waals surface area contributed by atoms with Crippen molar-refractivity contribution >= 4 is 17.1 Å². The number of hydrogen-bond donors (Lipinski definition) is 1. The molecule has 0 aliphatic rings. The summed E-state index contributed by atoms with van der Waals surface area (Å²) in [5.74, 6) is 0. The first-order valence-corrected chi connectivity index (χ1v) is 5.60. The molecule has 0 aliphatic carbocycles. The molecule has 18 heavy (non-hydrogen) atoms. The van der Waals surface area contributed by atoms with Crippen molar-refractivity contribution in [1.29, 1.82) is 0 Å². The molecule has 1 N–H and O–H groups in total. The first-order chi connectivity index (χ1) is 8.86. The van der Waals surface area contributed by atoms with Gasteiger partial charge in [-0.1, -0.05) is 24.3 Å². The van der Waals surface area contributed by atoms with Crippen molar-refractivity contribution in [1.82, 2.24) is 15.0 Å². The summed E-state index contributed by atoms with van der Waals surface area (Å²) in [6.45, 7) is 0. The van der Waals surface area contributed by atoms with Crippen LogP contribution in [0.3, 0.4) is 0 Å². The van der Waals surface area contributed by atoms with Crippen LogP contribution < -0.4 is 0 Å². The van der Waals surface area contributed by atoms with Gasteiger partial charge in [0.2, 0.25) is 0 Å². The van der Waals surface area contributed by atoms with E-state index in [1.165, 1.54) is 0 Å². The zero-order chi connectivity index (χ0) is 12.4. The monoisotopic (exact) mass is 237 g/mol. The molecule has 4 heteroatoms. The van der Waals surface area contributed by atoms with Crippen molar-refractivity contribution in [3.63, 3.8) is 0 Å². The normalized spacial score (nSPS) is 11.3. The topological polar surface area (TPSA) is 50.9 Å². The molecule has 1 heterocycles. The van der Waals surface area contributed by atoms with Gasteiger partial charge >= 0.3 is 0 Å². The largest absolute Gasteiger partial charge is 0.516 e. The maximum absolute atomic E-state index is 8.78. The molecule has 0 atom stereocenters. The van der Waals surface area contributed by atoms with Gasteiger partial charge in [-0.25, -0.2) is 0 Å². The highest BCUT2D eigenvalue weighted by molar-refractivity contribution is 5.73. The summed E-state index contributed by atoms with van der Waals surface area (Å²) in [4.78, 5) is 1.60. The zero-order valence-electron chi connectivity index (χ0n) is 9.56. The van der Waals surface area contributed by atoms with Crippen molar-refractivity contribution in [3.05, 3.63) is 60.4 Å². The van der Waals surface area contributed by atoms with Gasteiger partial charge in [0, 0.05) is 0 Å². The smallest absolute Gasteiger partial charge is 0.113 e. The van der Waals surface area contributed by atoms with E-state index in [0.29, 0.717) is 0 Å². The second-order valence-electron chi connectivity index (χ2n) is 3.89. The van der Waals surface area contributed by atoms with Crippen molar-refractivity contribution in [2.24, 2.45) is 0 Å². The SMILES string of the molecule is O/C=C/c1cccc(-n2nc3ccccc3n2)c1. The van der Waals surface area contributed by atoms with Crippen LogP contribution in [-0.4, -0.2) is 20.1 Å². The Hall–Kier alpha value is -2.62. The molecule has 1 aromatic heterocycles. The molecule has 0 spiro atoms. The molecule has 4 nitrogen and oxygen atoms in total. The van der Waals surface area contributed by atoms with Crippen LogP contribution in [0.15, 0.2) is 54.8 Å². The second-order valence-corrected chi connectivity index (χ2v) is 3.89. The number of nitrogens with zero attached hydrogens (tertiary/aromatic N) is 3. The summed E-state index contributed by atoms with van der Waals surface area (Å²) < 4.78 is 0. The zero-order valence-corrected chi connectivity index (χ0v) is 9.56. The van der Waals surface area contributed by atoms with Crippen LogP contribution >= 0.6 is 0 Å². The number of aliphatic hydroxyl groups is 1. The van der Waals surface area contributed by atoms with Crippen molar-refractivity contribution in [2.75, 3.05) is 0 Å². The highest BCUT2D eigenvalue weighted by Crippen LogP contribution is 2.13. The Morgan fingerprint density at radius 3 is 2.33 bits per heavy atom. The Bertz CT molecular complexity index is 683. The Kier molecular flexibility index (Phi) is 2.53. The third kappa shape index (κ3) is 1.84. The van der Waals surface area contributed by atoms with E-state index in [4.69, 9.17) is 5.11 Å². The van der Waals surface area contributed by atoms with E-state index in [2.05, 4.69) is 10.2 Å². The van der Waals surface area contributed by atoms with E-state index in [1.807, 2.05) is 48.5 Å². The predicted molar refractivity (Wildman–Crippen MR) is 70.5 cm³/mol. The van der Waals surface area contributed by atoms with Crippen molar-refractivity contribution < 1.29 is 5.11 Å². The van der Waals surface area contributed by atoms with E-state index in [9.17, 15) is 0 Å². The summed E-state index contributed by atoms with van der Waals surface area (Å²) in [5.41, 5.74) is 3.49. The molecule has 3 rings (SSSR count). The predicted octanol–water partition coefficient (Wildman–Crippen LogP) is 2.95. The lowest BCUT2D eigenvalue weighted by molar-refractivity contribution is 0.478. The minimum absolute atomic E-state index is 0.862. The molecule has 0 amide bonds. The first-order valence-electron chi connectivity index (χ1n) is 5.60. The van der Waals surface area contributed by atoms with E-state index in [0.717, 1.165) is 28.5 Å². The average Bonchev–Trinajstić information content (AvgIpc) is 2.83. The molecule has 0 saturated heterocycles. The van der Waals surface area contributed by atoms with Crippen molar-refractivity contribution in [2.45, 2.75) is 0 Å². The fourth-order valence-corrected chi connectivity index (χ4v) is 1.81. The van der Waals surface area contributed by atoms with Gasteiger partial charge in [0.05, 0.1) is 11.9 Å². The molecule has 2 aromatic carbocycles. The van der Waals surface area contributed by atoms with Gasteiger partial charge in [-0.15, -0.1) is 10.2 Å². The van der Waals surface area contributed by atoms with E-state index in [1.54, 1.807) is 10.9 Å². The third-order valence-corrected chi connectivity index (χ3v) is 2.65. The molecular formula is C14H11N3O. The number of hydrogen-bond acceptors (Lipinski definition) is 3. The lowest BCUT2D eigenvalue weighted by atomic mass is 10.2. The summed E-state index contributed by atoms with van der Waals surface area (Å²) in [7, 11) is 0. The first kappa shape index (κ1) is 10.5. The van der Waals surface area contributed by atoms with Gasteiger partial charge in [-0.3, -0.25) is 0 Å². The third-order valence-electron chi connectivity index (χ3n) is 2.65. The quantitative estimate of drug-likeness (QED) is 0.697. The number of aromatic nitrogens is 3. The average molecular weight is 237 g/mol. The van der Waals surface area contributed by atoms with Gasteiger partial charge < -0.3 is 5.11 Å². The van der Waals surface area contributed by atoms with Crippen LogP contribution in [-0.2, 0) is 0 Å². The van der Waals surface area contributed by atoms with Crippen molar-refractivity contribution in [3.8, 4) is 5.69 Å². The Labute approximate surface area is 104 Å². The number of rotatable bonds is 2. The van der Waals surface area contributed by atoms with E-state index < -0.39 is 0 Å². The molecule has 0 saturated carbocycles. The minimum Gasteiger partial charge on any atom is -0.516 e. The number of aliphatic hydroxyl groups excluding tert-OH is 1. The molecule has 88 valence electrons. The number of benzene rings is 2. The highest BCUT2D eigenvalue weighted by Gasteiger charge is 2.03. The van der Waals surface area contributed by atoms with Gasteiger partial charge in [-0.05, 0) is 35.9 Å². The summed E-state index contributed by atoms with van der Waals surface area (Å²) in [5, 5.41) is 17.6. The number of fused-ring (bicyclic) bond motifs is 1. The van der Waals surface area contributed by atoms with Crippen LogP contribution in [0.1, 0.15) is 5.56 Å². The molecule has 0 aliphatic heterocycles. The standard InChI is InChI=1S/C14H11N3O/c18-9-8-11-4-3-5-12(10-11)17-15-13-6-1-2-7-14(13)16-17/h1-10,18H/b9-8+. The van der Waals surface area contributed by atoms with Gasteiger partial charge in [0.1, 0.15) is 11.0 Å². The van der Waals surface area contributed by atoms with E-state index >= 15 is 0 Å². The van der Waals surface area contributed by atoms with Crippen LogP contribution in [0.4, 0.5) is 0 Å². The lowest BCUT2D eigenvalue weighted by Gasteiger charge is -2.00. The van der Waals surface area contributed by atoms with Crippen LogP contribution in [0, 0.1) is 0 Å². The Morgan fingerprint density at radius 2 is 1.67 bits per heavy atom. The molecule has 0 unspecified atom stereocenters. The molecule has 0 bridgehead atoms. The fourth-order valence-electron chi connectivity index (χ4n) is 1.81. The molecule has 0 fully saturated rings. The van der Waals surface area contributed by atoms with Crippen LogP contribution in [0.5, 0.6) is 0 Å². The summed E-state index contributed by atoms with van der Waals surface area (Å²) >= 11 is 0. The Balaban J connectivity index is 2.10. The fraction of sp³-hybridized carbons (Fsp3) is 0. The lowest BCUT2D eigenvalue weighted by Crippen LogP contribution is -1.98. The highest BCUT2D eigenvalue weighted by atomic mass is 16.2. The van der Waals surface area contributed by atoms with Crippen LogP contribution in [0.25, 0.3) is 22.8 Å². The maximum Gasteiger partial charge on any atom is 0.113 e. The van der Waals surface area contributed by atoms with Gasteiger partial charge in [0.25, 0.3) is 0 Å². The summed E-state index contributed by atoms with van der Waals surface area (Å²) in [6, 6.07) is 15.4. The molecular weight excluding hydrogens is 226 g/mol. The molecule has 3 aromatic rings. The molecule has 0 radical (unpaired) electrons. The minimum atomic E-state index is 0.862. The van der Waals surface area contributed by atoms with E-state index in [-0.39, 0.29) is 0 Å². The maximum atomic E-state index is 8.78. The second kappa shape index (κ2) is 4.33. The van der Waals surface area contributed by atoms with Gasteiger partial charge in [-0.2, -0.15) is 4.80 Å². The van der Waals surface area contributed by atoms with Gasteiger partial charge in [0.15, 0.2) is 0 Å². The summed E-state index contributed by atoms with van der Waals surface area (Å²) in [6.07, 6.45) is 2.64. The van der Waals surface area contributed by atoms with Crippen LogP contribution in [0.2, 0.25) is 0 Å². The Morgan fingerprint density at radius 1 is 0.944 bits per heavy atom.